The van der Waals surface area contributed by atoms with Gasteiger partial charge in [0.25, 0.3) is 0 Å². The van der Waals surface area contributed by atoms with Gasteiger partial charge in [-0.3, -0.25) is 9.58 Å². The summed E-state index contributed by atoms with van der Waals surface area (Å²) in [5.41, 5.74) is 2.00. The van der Waals surface area contributed by atoms with Crippen LogP contribution in [0.1, 0.15) is 18.6 Å². The molecule has 0 saturated carbocycles. The number of aromatic nitrogens is 4. The highest BCUT2D eigenvalue weighted by Crippen LogP contribution is 2.22. The van der Waals surface area contributed by atoms with E-state index in [0.717, 1.165) is 43.2 Å². The second-order valence-corrected chi connectivity index (χ2v) is 6.41. The van der Waals surface area contributed by atoms with Crippen molar-refractivity contribution >= 4 is 0 Å². The van der Waals surface area contributed by atoms with E-state index >= 15 is 0 Å². The van der Waals surface area contributed by atoms with Crippen LogP contribution in [0.2, 0.25) is 0 Å². The number of nitrogens with zero attached hydrogens (tertiary/aromatic N) is 5. The van der Waals surface area contributed by atoms with Gasteiger partial charge in [-0.25, -0.2) is 4.98 Å². The molecular formula is C18H21N5O. The normalized spacial score (nSPS) is 18.8. The molecule has 1 fully saturated rings. The van der Waals surface area contributed by atoms with Gasteiger partial charge >= 0.3 is 0 Å². The van der Waals surface area contributed by atoms with Gasteiger partial charge in [0.05, 0.1) is 6.54 Å². The topological polar surface area (TPSA) is 60.0 Å². The third-order valence-corrected chi connectivity index (χ3v) is 4.52. The molecule has 0 bridgehead atoms. The molecule has 124 valence electrons. The Hall–Kier alpha value is -2.47. The van der Waals surface area contributed by atoms with Crippen LogP contribution >= 0.6 is 0 Å². The van der Waals surface area contributed by atoms with Crippen molar-refractivity contribution in [3.05, 3.63) is 54.8 Å². The lowest BCUT2D eigenvalue weighted by atomic mass is 9.98. The maximum absolute atomic E-state index is 5.54. The molecule has 1 aliphatic rings. The summed E-state index contributed by atoms with van der Waals surface area (Å²) >= 11 is 0. The number of hydrogen-bond acceptors (Lipinski definition) is 5. The van der Waals surface area contributed by atoms with Crippen molar-refractivity contribution < 1.29 is 4.52 Å². The molecular weight excluding hydrogens is 302 g/mol. The second-order valence-electron chi connectivity index (χ2n) is 6.41. The fourth-order valence-electron chi connectivity index (χ4n) is 3.39. The fourth-order valence-corrected chi connectivity index (χ4v) is 3.39. The van der Waals surface area contributed by atoms with Gasteiger partial charge in [0, 0.05) is 24.7 Å². The molecule has 4 rings (SSSR count). The molecule has 0 spiro atoms. The summed E-state index contributed by atoms with van der Waals surface area (Å²) in [7, 11) is 0. The van der Waals surface area contributed by atoms with Gasteiger partial charge in [0.15, 0.2) is 5.76 Å². The van der Waals surface area contributed by atoms with Gasteiger partial charge in [-0.15, -0.1) is 0 Å². The highest BCUT2D eigenvalue weighted by atomic mass is 16.5. The second kappa shape index (κ2) is 6.97. The van der Waals surface area contributed by atoms with E-state index in [2.05, 4.69) is 38.3 Å². The Labute approximate surface area is 141 Å². The van der Waals surface area contributed by atoms with Crippen molar-refractivity contribution in [2.75, 3.05) is 13.1 Å². The summed E-state index contributed by atoms with van der Waals surface area (Å²) < 4.78 is 7.47. The number of piperidine rings is 1. The first kappa shape index (κ1) is 15.1. The van der Waals surface area contributed by atoms with Crippen LogP contribution in [-0.2, 0) is 13.1 Å². The Kier molecular flexibility index (Phi) is 4.38. The molecule has 2 aromatic heterocycles. The van der Waals surface area contributed by atoms with Gasteiger partial charge in [0.1, 0.15) is 18.3 Å². The average molecular weight is 323 g/mol. The average Bonchev–Trinajstić information content (AvgIpc) is 3.28. The van der Waals surface area contributed by atoms with Crippen molar-refractivity contribution in [2.45, 2.75) is 25.9 Å². The third-order valence-electron chi connectivity index (χ3n) is 4.52. The zero-order valence-electron chi connectivity index (χ0n) is 13.6. The van der Waals surface area contributed by atoms with Crippen molar-refractivity contribution in [1.29, 1.82) is 0 Å². The van der Waals surface area contributed by atoms with Crippen LogP contribution in [0.25, 0.3) is 11.3 Å². The van der Waals surface area contributed by atoms with E-state index in [0.29, 0.717) is 5.92 Å². The minimum absolute atomic E-state index is 0.608. The Morgan fingerprint density at radius 3 is 2.96 bits per heavy atom. The van der Waals surface area contributed by atoms with Crippen LogP contribution < -0.4 is 0 Å². The van der Waals surface area contributed by atoms with Crippen molar-refractivity contribution in [3.63, 3.8) is 0 Å². The minimum Gasteiger partial charge on any atom is -0.359 e. The summed E-state index contributed by atoms with van der Waals surface area (Å²) in [6.45, 7) is 3.91. The van der Waals surface area contributed by atoms with Gasteiger partial charge in [-0.05, 0) is 25.3 Å². The van der Waals surface area contributed by atoms with E-state index in [9.17, 15) is 0 Å². The molecule has 1 aliphatic heterocycles. The van der Waals surface area contributed by atoms with Crippen LogP contribution in [0.3, 0.4) is 0 Å². The van der Waals surface area contributed by atoms with Crippen LogP contribution in [0.5, 0.6) is 0 Å². The summed E-state index contributed by atoms with van der Waals surface area (Å²) in [5, 5.41) is 8.42. The predicted molar refractivity (Wildman–Crippen MR) is 90.0 cm³/mol. The van der Waals surface area contributed by atoms with E-state index in [-0.39, 0.29) is 0 Å². The molecule has 0 amide bonds. The van der Waals surface area contributed by atoms with Crippen LogP contribution in [-0.4, -0.2) is 37.9 Å². The van der Waals surface area contributed by atoms with Gasteiger partial charge < -0.3 is 4.52 Å². The van der Waals surface area contributed by atoms with Gasteiger partial charge in [0.2, 0.25) is 0 Å². The third kappa shape index (κ3) is 3.54. The molecule has 3 aromatic rings. The maximum Gasteiger partial charge on any atom is 0.151 e. The molecule has 24 heavy (non-hydrogen) atoms. The van der Waals surface area contributed by atoms with E-state index in [4.69, 9.17) is 4.52 Å². The predicted octanol–water partition coefficient (Wildman–Crippen LogP) is 2.85. The van der Waals surface area contributed by atoms with Crippen LogP contribution in [0, 0.1) is 5.92 Å². The molecule has 6 nitrogen and oxygen atoms in total. The molecule has 1 aromatic carbocycles. The summed E-state index contributed by atoms with van der Waals surface area (Å²) in [5.74, 6) is 1.53. The number of benzene rings is 1. The minimum atomic E-state index is 0.608. The molecule has 0 unspecified atom stereocenters. The lowest BCUT2D eigenvalue weighted by molar-refractivity contribution is 0.140. The van der Waals surface area contributed by atoms with Crippen molar-refractivity contribution in [3.8, 4) is 11.3 Å². The fraction of sp³-hybridized carbons (Fsp3) is 0.389. The highest BCUT2D eigenvalue weighted by molar-refractivity contribution is 5.58. The lowest BCUT2D eigenvalue weighted by Crippen LogP contribution is -2.36. The number of hydrogen-bond donors (Lipinski definition) is 0. The van der Waals surface area contributed by atoms with Gasteiger partial charge in [-0.1, -0.05) is 35.5 Å². The zero-order chi connectivity index (χ0) is 16.2. The first-order valence-corrected chi connectivity index (χ1v) is 8.42. The molecule has 0 aliphatic carbocycles. The van der Waals surface area contributed by atoms with Crippen LogP contribution in [0.4, 0.5) is 0 Å². The Balaban J connectivity index is 1.37. The van der Waals surface area contributed by atoms with Crippen molar-refractivity contribution in [1.82, 2.24) is 24.8 Å². The SMILES string of the molecule is c1ccc(-c2cc(CN3CCC[C@H](Cn4cncn4)C3)on2)cc1. The first-order chi connectivity index (χ1) is 11.9. The summed E-state index contributed by atoms with van der Waals surface area (Å²) in [6, 6.07) is 12.2. The van der Waals surface area contributed by atoms with E-state index in [1.807, 2.05) is 22.9 Å². The number of likely N-dealkylation sites (tertiary alicyclic amines) is 1. The first-order valence-electron chi connectivity index (χ1n) is 8.42. The molecule has 0 radical (unpaired) electrons. The highest BCUT2D eigenvalue weighted by Gasteiger charge is 2.22. The Morgan fingerprint density at radius 1 is 1.21 bits per heavy atom. The molecule has 3 heterocycles. The number of rotatable bonds is 5. The quantitative estimate of drug-likeness (QED) is 0.722. The smallest absolute Gasteiger partial charge is 0.151 e. The molecule has 6 heteroatoms. The maximum atomic E-state index is 5.54. The molecule has 1 saturated heterocycles. The monoisotopic (exact) mass is 323 g/mol. The zero-order valence-corrected chi connectivity index (χ0v) is 13.6. The molecule has 1 atom stereocenters. The van der Waals surface area contributed by atoms with E-state index in [1.54, 1.807) is 12.7 Å². The summed E-state index contributed by atoms with van der Waals surface area (Å²) in [4.78, 5) is 6.47. The van der Waals surface area contributed by atoms with E-state index < -0.39 is 0 Å². The Morgan fingerprint density at radius 2 is 2.12 bits per heavy atom. The van der Waals surface area contributed by atoms with Crippen molar-refractivity contribution in [2.24, 2.45) is 5.92 Å². The van der Waals surface area contributed by atoms with Crippen LogP contribution in [0.15, 0.2) is 53.6 Å². The Bertz CT molecular complexity index is 753. The lowest BCUT2D eigenvalue weighted by Gasteiger charge is -2.31. The van der Waals surface area contributed by atoms with E-state index in [1.165, 1.54) is 12.8 Å². The standard InChI is InChI=1S/C18H21N5O/c1-2-6-16(7-3-1)18-9-17(24-21-18)12-22-8-4-5-15(10-22)11-23-14-19-13-20-23/h1-3,6-7,9,13-15H,4-5,8,10-12H2/t15-/m0/s1. The van der Waals surface area contributed by atoms with Gasteiger partial charge in [-0.2, -0.15) is 5.10 Å². The molecule has 0 N–H and O–H groups in total. The largest absolute Gasteiger partial charge is 0.359 e. The summed E-state index contributed by atoms with van der Waals surface area (Å²) in [6.07, 6.45) is 5.84.